The van der Waals surface area contributed by atoms with Gasteiger partial charge in [0.15, 0.2) is 0 Å². The van der Waals surface area contributed by atoms with Gasteiger partial charge in [-0.15, -0.1) is 0 Å². The fourth-order valence-electron chi connectivity index (χ4n) is 9.41. The van der Waals surface area contributed by atoms with Crippen LogP contribution in [0.15, 0.2) is 72.5 Å². The first kappa shape index (κ1) is 45.8. The topological polar surface area (TPSA) is 262 Å². The zero-order valence-electron chi connectivity index (χ0n) is 36.6. The first-order valence-electron chi connectivity index (χ1n) is 20.4. The number of methoxy groups -OCH3 is 4. The van der Waals surface area contributed by atoms with Gasteiger partial charge >= 0.3 is 35.8 Å². The summed E-state index contributed by atoms with van der Waals surface area (Å²) in [6.45, 7) is 9.34. The van der Waals surface area contributed by atoms with Crippen LogP contribution in [0.4, 0.5) is 0 Å². The maximum absolute atomic E-state index is 14.2. The number of nitrogens with one attached hydrogen (secondary N) is 2. The Hall–Kier alpha value is -6.72. The summed E-state index contributed by atoms with van der Waals surface area (Å²) in [5.74, 6) is -9.94. The molecule has 1 aliphatic carbocycles. The fourth-order valence-corrected chi connectivity index (χ4v) is 9.41. The second-order valence-corrected chi connectivity index (χ2v) is 16.1. The molecule has 6 rings (SSSR count). The zero-order chi connectivity index (χ0) is 46.2. The van der Waals surface area contributed by atoms with Crippen molar-refractivity contribution in [2.45, 2.75) is 91.1 Å². The molecule has 0 fully saturated rings. The summed E-state index contributed by atoms with van der Waals surface area (Å²) in [5, 5.41) is 21.1. The molecule has 0 radical (unpaired) electrons. The number of allylic oxidation sites excluding steroid dienone is 5. The quantitative estimate of drug-likeness (QED) is 0.170. The Kier molecular flexibility index (Phi) is 13.0. The van der Waals surface area contributed by atoms with Gasteiger partial charge in [-0.3, -0.25) is 34.2 Å². The number of amides is 1. The average molecular weight is 870 g/mol. The zero-order valence-corrected chi connectivity index (χ0v) is 36.6. The molecule has 4 aliphatic heterocycles. The van der Waals surface area contributed by atoms with E-state index in [0.717, 1.165) is 16.9 Å². The molecule has 1 aromatic rings. The molecule has 0 saturated carbocycles. The number of aliphatic imine (C=N–C) groups is 3. The van der Waals surface area contributed by atoms with Crippen molar-refractivity contribution in [1.82, 2.24) is 10.3 Å². The number of aromatic amines is 1. The van der Waals surface area contributed by atoms with Crippen molar-refractivity contribution in [3.63, 3.8) is 0 Å². The molecule has 4 N–H and O–H groups in total. The van der Waals surface area contributed by atoms with Crippen molar-refractivity contribution in [2.24, 2.45) is 32.2 Å². The molecule has 5 heterocycles. The number of hydrogen-bond acceptors (Lipinski definition) is 14. The van der Waals surface area contributed by atoms with Gasteiger partial charge in [0.1, 0.15) is 17.9 Å². The van der Waals surface area contributed by atoms with E-state index in [-0.39, 0.29) is 48.2 Å². The van der Waals surface area contributed by atoms with Gasteiger partial charge in [0.05, 0.1) is 74.5 Å². The highest BCUT2D eigenvalue weighted by molar-refractivity contribution is 6.16. The maximum atomic E-state index is 14.2. The van der Waals surface area contributed by atoms with Crippen LogP contribution in [0.25, 0.3) is 0 Å². The van der Waals surface area contributed by atoms with Gasteiger partial charge in [0, 0.05) is 48.0 Å². The fraction of sp³-hybridized carbons (Fsp3) is 0.467. The van der Waals surface area contributed by atoms with E-state index in [4.69, 9.17) is 33.9 Å². The Bertz CT molecular complexity index is 2480. The lowest BCUT2D eigenvalue weighted by atomic mass is 9.62. The van der Waals surface area contributed by atoms with Crippen molar-refractivity contribution in [2.75, 3.05) is 28.4 Å². The minimum Gasteiger partial charge on any atom is -0.481 e. The van der Waals surface area contributed by atoms with E-state index in [2.05, 4.69) is 10.3 Å². The van der Waals surface area contributed by atoms with Crippen LogP contribution in [0.1, 0.15) is 93.0 Å². The number of fused-ring (bicyclic) bond motifs is 8. The number of carboxylic acid groups (broad SMARTS) is 2. The second kappa shape index (κ2) is 17.9. The van der Waals surface area contributed by atoms with Gasteiger partial charge in [0.2, 0.25) is 5.91 Å². The average Bonchev–Trinajstić information content (AvgIpc) is 3.92. The van der Waals surface area contributed by atoms with Gasteiger partial charge in [-0.05, 0) is 67.5 Å². The Morgan fingerprint density at radius 1 is 0.937 bits per heavy atom. The summed E-state index contributed by atoms with van der Waals surface area (Å²) < 4.78 is 21.1. The largest absolute Gasteiger partial charge is 0.481 e. The van der Waals surface area contributed by atoms with E-state index >= 15 is 0 Å². The van der Waals surface area contributed by atoms with E-state index in [1.807, 2.05) is 19.9 Å². The second-order valence-electron chi connectivity index (χ2n) is 16.1. The third kappa shape index (κ3) is 8.09. The summed E-state index contributed by atoms with van der Waals surface area (Å²) in [5.41, 5.74) is 5.38. The number of carboxylic acids is 2. The Balaban J connectivity index is 1.60. The summed E-state index contributed by atoms with van der Waals surface area (Å²) in [6.07, 6.45) is 4.75. The molecule has 6 atom stereocenters. The highest BCUT2D eigenvalue weighted by Gasteiger charge is 2.56. The van der Waals surface area contributed by atoms with Crippen LogP contribution in [0, 0.1) is 24.2 Å². The summed E-state index contributed by atoms with van der Waals surface area (Å²) >= 11 is 0. The molecular weight excluding hydrogens is 819 g/mol. The standard InChI is InChI=1S/C45H51N5O13/c1-10-22-19(2)26-16-30-25-13-11-24(41(56)60-6)37(44(59)63-9)45(25,5)32(47-30)17-28-20(3)23(12-14-33(51)48-31(40(54)55)18-34(52)53)38(49-28)36(43(58)62-8)39-35(42(57)61-7)21(4)27(50-39)15-29(22)46-26/h11,13,16,20,26,31,36-37,50H,10,12,14-15,17-18H2,1-9H3,(H,48,51)(H,52,53)(H,54,55)/t20?,26?,31-,36?,37-,45+/m0/s1. The number of carbonyl (C=O) groups excluding carboxylic acids is 5. The number of carbonyl (C=O) groups is 7. The SMILES string of the molecule is CCC1=C(C)C2C=C3N=C(CC4=NC(=C(CCC(=O)N[C@@H](CC(=O)O)C(=O)O)C4C)C(C(=O)OC)c4[nH]c(c(C)c4C(=O)OC)CC1=N2)[C@@]1(C)C3=CC=C(C(=O)OC)[C@H]1C(=O)OC. The number of hydrogen-bond donors (Lipinski definition) is 4. The monoisotopic (exact) mass is 869 g/mol. The third-order valence-corrected chi connectivity index (χ3v) is 12.8. The van der Waals surface area contributed by atoms with Crippen LogP contribution in [-0.2, 0) is 54.1 Å². The lowest BCUT2D eigenvalue weighted by Gasteiger charge is -2.38. The Morgan fingerprint density at radius 2 is 1.62 bits per heavy atom. The molecule has 18 heteroatoms. The van der Waals surface area contributed by atoms with Gasteiger partial charge in [-0.1, -0.05) is 26.0 Å². The molecule has 3 unspecified atom stereocenters. The summed E-state index contributed by atoms with van der Waals surface area (Å²) in [6, 6.07) is -2.18. The van der Waals surface area contributed by atoms with Crippen molar-refractivity contribution in [3.8, 4) is 0 Å². The highest BCUT2D eigenvalue weighted by Crippen LogP contribution is 2.54. The van der Waals surface area contributed by atoms with Crippen molar-refractivity contribution in [3.05, 3.63) is 80.0 Å². The molecule has 8 bridgehead atoms. The third-order valence-electron chi connectivity index (χ3n) is 12.8. The number of H-pyrrole nitrogens is 1. The minimum absolute atomic E-state index is 0.0197. The van der Waals surface area contributed by atoms with E-state index < -0.39 is 83.4 Å². The number of rotatable bonds is 12. The molecule has 18 nitrogen and oxygen atoms in total. The molecule has 0 aromatic carbocycles. The van der Waals surface area contributed by atoms with Gasteiger partial charge in [0.25, 0.3) is 0 Å². The van der Waals surface area contributed by atoms with Crippen LogP contribution in [0.2, 0.25) is 0 Å². The van der Waals surface area contributed by atoms with Crippen molar-refractivity contribution < 1.29 is 62.7 Å². The smallest absolute Gasteiger partial charge is 0.340 e. The number of ether oxygens (including phenoxy) is 4. The van der Waals surface area contributed by atoms with Gasteiger partial charge in [-0.2, -0.15) is 0 Å². The molecule has 334 valence electrons. The van der Waals surface area contributed by atoms with E-state index in [0.29, 0.717) is 45.9 Å². The summed E-state index contributed by atoms with van der Waals surface area (Å²) in [7, 11) is 4.85. The normalized spacial score (nSPS) is 24.1. The Labute approximate surface area is 363 Å². The van der Waals surface area contributed by atoms with Crippen LogP contribution in [-0.4, -0.2) is 115 Å². The molecule has 1 amide bonds. The summed E-state index contributed by atoms with van der Waals surface area (Å²) in [4.78, 5) is 110. The van der Waals surface area contributed by atoms with Crippen LogP contribution in [0.3, 0.4) is 0 Å². The van der Waals surface area contributed by atoms with Gasteiger partial charge in [-0.25, -0.2) is 14.4 Å². The predicted octanol–water partition coefficient (Wildman–Crippen LogP) is 4.20. The number of aliphatic carboxylic acids is 2. The molecular formula is C45H51N5O13. The molecule has 5 aliphatic rings. The van der Waals surface area contributed by atoms with Gasteiger partial charge < -0.3 is 39.5 Å². The number of esters is 4. The van der Waals surface area contributed by atoms with E-state index in [9.17, 15) is 43.8 Å². The molecule has 63 heavy (non-hydrogen) atoms. The lowest BCUT2D eigenvalue weighted by Crippen LogP contribution is -2.45. The van der Waals surface area contributed by atoms with E-state index in [1.165, 1.54) is 34.5 Å². The van der Waals surface area contributed by atoms with Crippen molar-refractivity contribution >= 4 is 58.9 Å². The first-order valence-corrected chi connectivity index (χ1v) is 20.4. The first-order chi connectivity index (χ1) is 29.9. The number of nitrogens with zero attached hydrogens (tertiary/aromatic N) is 3. The van der Waals surface area contributed by atoms with Crippen LogP contribution >= 0.6 is 0 Å². The predicted molar refractivity (Wildman–Crippen MR) is 226 cm³/mol. The Morgan fingerprint density at radius 3 is 2.22 bits per heavy atom. The van der Waals surface area contributed by atoms with E-state index in [1.54, 1.807) is 26.8 Å². The van der Waals surface area contributed by atoms with Crippen LogP contribution < -0.4 is 5.32 Å². The maximum Gasteiger partial charge on any atom is 0.340 e. The van der Waals surface area contributed by atoms with Crippen molar-refractivity contribution in [1.29, 1.82) is 0 Å². The molecule has 0 spiro atoms. The highest BCUT2D eigenvalue weighted by atomic mass is 16.5. The molecule has 0 saturated heterocycles. The minimum atomic E-state index is -1.70. The van der Waals surface area contributed by atoms with Crippen LogP contribution in [0.5, 0.6) is 0 Å². The lowest BCUT2D eigenvalue weighted by molar-refractivity contribution is -0.149. The number of aromatic nitrogens is 1. The molecule has 1 aromatic heterocycles.